The van der Waals surface area contributed by atoms with E-state index in [1.54, 1.807) is 12.1 Å². The maximum Gasteiger partial charge on any atom is 0.258 e. The van der Waals surface area contributed by atoms with Crippen LogP contribution < -0.4 is 16.0 Å². The van der Waals surface area contributed by atoms with E-state index in [9.17, 15) is 18.4 Å². The molecule has 1 aliphatic heterocycles. The molecule has 1 fully saturated rings. The summed E-state index contributed by atoms with van der Waals surface area (Å²) in [6.07, 6.45) is 2.05. The minimum Gasteiger partial charge on any atom is -0.370 e. The van der Waals surface area contributed by atoms with Crippen molar-refractivity contribution in [3.8, 4) is 0 Å². The lowest BCUT2D eigenvalue weighted by atomic mass is 10.1. The summed E-state index contributed by atoms with van der Waals surface area (Å²) in [5.41, 5.74) is 6.36. The van der Waals surface area contributed by atoms with Crippen LogP contribution in [0.3, 0.4) is 0 Å². The van der Waals surface area contributed by atoms with Crippen molar-refractivity contribution in [3.05, 3.63) is 59.2 Å². The molecule has 2 aromatic carbocycles. The number of benzene rings is 2. The lowest BCUT2D eigenvalue weighted by Crippen LogP contribution is -2.22. The molecule has 0 saturated carbocycles. The zero-order valence-electron chi connectivity index (χ0n) is 13.4. The topological polar surface area (TPSA) is 75.4 Å². The standard InChI is InChI=1S/C18H17F2N3O2/c19-12-4-5-13(14(20)10-12)18(25)22-15-9-11(17(21)24)3-6-16(15)23-7-1-2-8-23/h3-6,9-10H,1-2,7-8H2,(H2,21,24)(H,22,25). The number of nitrogens with zero attached hydrogens (tertiary/aromatic N) is 1. The lowest BCUT2D eigenvalue weighted by Gasteiger charge is -2.22. The van der Waals surface area contributed by atoms with Crippen LogP contribution in [0.2, 0.25) is 0 Å². The molecule has 1 heterocycles. The van der Waals surface area contributed by atoms with Crippen molar-refractivity contribution in [2.75, 3.05) is 23.3 Å². The molecule has 3 N–H and O–H groups in total. The minimum absolute atomic E-state index is 0.234. The Bertz CT molecular complexity index is 833. The second-order valence-corrected chi connectivity index (χ2v) is 5.87. The number of carbonyl (C=O) groups excluding carboxylic acids is 2. The monoisotopic (exact) mass is 345 g/mol. The lowest BCUT2D eigenvalue weighted by molar-refractivity contribution is 0.0995. The third-order valence-corrected chi connectivity index (χ3v) is 4.15. The smallest absolute Gasteiger partial charge is 0.258 e. The first-order valence-electron chi connectivity index (χ1n) is 7.91. The predicted octanol–water partition coefficient (Wildman–Crippen LogP) is 2.92. The van der Waals surface area contributed by atoms with Gasteiger partial charge in [0.25, 0.3) is 5.91 Å². The van der Waals surface area contributed by atoms with Crippen molar-refractivity contribution < 1.29 is 18.4 Å². The number of amides is 2. The number of primary amides is 1. The van der Waals surface area contributed by atoms with Crippen LogP contribution in [0, 0.1) is 11.6 Å². The molecule has 0 aliphatic carbocycles. The van der Waals surface area contributed by atoms with E-state index < -0.39 is 23.4 Å². The van der Waals surface area contributed by atoms with E-state index in [-0.39, 0.29) is 11.1 Å². The summed E-state index contributed by atoms with van der Waals surface area (Å²) in [6.45, 7) is 1.65. The Morgan fingerprint density at radius 2 is 1.76 bits per heavy atom. The van der Waals surface area contributed by atoms with Gasteiger partial charge in [-0.25, -0.2) is 8.78 Å². The van der Waals surface area contributed by atoms with Crippen molar-refractivity contribution in [1.29, 1.82) is 0 Å². The third kappa shape index (κ3) is 3.60. The van der Waals surface area contributed by atoms with Gasteiger partial charge < -0.3 is 16.0 Å². The van der Waals surface area contributed by atoms with Crippen molar-refractivity contribution in [3.63, 3.8) is 0 Å². The van der Waals surface area contributed by atoms with Crippen LogP contribution in [0.4, 0.5) is 20.2 Å². The second-order valence-electron chi connectivity index (χ2n) is 5.87. The zero-order chi connectivity index (χ0) is 18.0. The molecule has 0 unspecified atom stereocenters. The highest BCUT2D eigenvalue weighted by molar-refractivity contribution is 6.07. The van der Waals surface area contributed by atoms with Gasteiger partial charge in [-0.15, -0.1) is 0 Å². The first-order chi connectivity index (χ1) is 12.0. The van der Waals surface area contributed by atoms with Gasteiger partial charge in [0.05, 0.1) is 16.9 Å². The number of halogens is 2. The molecule has 1 aliphatic rings. The summed E-state index contributed by atoms with van der Waals surface area (Å²) in [6, 6.07) is 7.50. The molecule has 25 heavy (non-hydrogen) atoms. The summed E-state index contributed by atoms with van der Waals surface area (Å²) in [7, 11) is 0. The predicted molar refractivity (Wildman–Crippen MR) is 90.7 cm³/mol. The van der Waals surface area contributed by atoms with Gasteiger partial charge in [0.2, 0.25) is 5.91 Å². The van der Waals surface area contributed by atoms with Gasteiger partial charge in [-0.1, -0.05) is 0 Å². The fourth-order valence-electron chi connectivity index (χ4n) is 2.89. The maximum atomic E-state index is 13.8. The molecule has 0 radical (unpaired) electrons. The van der Waals surface area contributed by atoms with E-state index in [1.165, 1.54) is 6.07 Å². The summed E-state index contributed by atoms with van der Waals surface area (Å²) in [5.74, 6) is -3.06. The van der Waals surface area contributed by atoms with Crippen LogP contribution in [0.15, 0.2) is 36.4 Å². The number of rotatable bonds is 4. The van der Waals surface area contributed by atoms with E-state index in [2.05, 4.69) is 10.2 Å². The first kappa shape index (κ1) is 16.9. The normalized spacial score (nSPS) is 13.8. The number of hydrogen-bond donors (Lipinski definition) is 2. The molecule has 130 valence electrons. The Balaban J connectivity index is 1.94. The summed E-state index contributed by atoms with van der Waals surface area (Å²) in [4.78, 5) is 25.9. The Kier molecular flexibility index (Phi) is 4.65. The van der Waals surface area contributed by atoms with Crippen LogP contribution in [0.1, 0.15) is 33.6 Å². The number of nitrogens with one attached hydrogen (secondary N) is 1. The molecule has 3 rings (SSSR count). The fraction of sp³-hybridized carbons (Fsp3) is 0.222. The largest absolute Gasteiger partial charge is 0.370 e. The van der Waals surface area contributed by atoms with Gasteiger partial charge in [0, 0.05) is 24.7 Å². The SMILES string of the molecule is NC(=O)c1ccc(N2CCCC2)c(NC(=O)c2ccc(F)cc2F)c1. The van der Waals surface area contributed by atoms with Crippen LogP contribution >= 0.6 is 0 Å². The highest BCUT2D eigenvalue weighted by Crippen LogP contribution is 2.30. The molecule has 2 amide bonds. The van der Waals surface area contributed by atoms with Gasteiger partial charge in [-0.3, -0.25) is 9.59 Å². The van der Waals surface area contributed by atoms with E-state index >= 15 is 0 Å². The van der Waals surface area contributed by atoms with Crippen molar-refractivity contribution >= 4 is 23.2 Å². The Hall–Kier alpha value is -2.96. The Morgan fingerprint density at radius 3 is 2.40 bits per heavy atom. The summed E-state index contributed by atoms with van der Waals surface area (Å²) < 4.78 is 26.8. The van der Waals surface area contributed by atoms with Crippen molar-refractivity contribution in [2.45, 2.75) is 12.8 Å². The molecule has 0 atom stereocenters. The fourth-order valence-corrected chi connectivity index (χ4v) is 2.89. The van der Waals surface area contributed by atoms with E-state index in [4.69, 9.17) is 5.73 Å². The number of anilines is 2. The molecular weight excluding hydrogens is 328 g/mol. The average molecular weight is 345 g/mol. The maximum absolute atomic E-state index is 13.8. The van der Waals surface area contributed by atoms with E-state index in [0.717, 1.165) is 43.8 Å². The number of nitrogens with two attached hydrogens (primary N) is 1. The molecule has 7 heteroatoms. The van der Waals surface area contributed by atoms with Gasteiger partial charge >= 0.3 is 0 Å². The van der Waals surface area contributed by atoms with Crippen molar-refractivity contribution in [1.82, 2.24) is 0 Å². The van der Waals surface area contributed by atoms with Crippen LogP contribution in [-0.2, 0) is 0 Å². The van der Waals surface area contributed by atoms with Crippen molar-refractivity contribution in [2.24, 2.45) is 5.73 Å². The molecule has 5 nitrogen and oxygen atoms in total. The first-order valence-corrected chi connectivity index (χ1v) is 7.91. The minimum atomic E-state index is -0.953. The Labute approximate surface area is 143 Å². The number of hydrogen-bond acceptors (Lipinski definition) is 3. The second kappa shape index (κ2) is 6.88. The van der Waals surface area contributed by atoms with Gasteiger partial charge in [0.1, 0.15) is 11.6 Å². The molecule has 2 aromatic rings. The molecule has 1 saturated heterocycles. The number of carbonyl (C=O) groups is 2. The van der Waals surface area contributed by atoms with Gasteiger partial charge in [0.15, 0.2) is 0 Å². The molecule has 0 aromatic heterocycles. The zero-order valence-corrected chi connectivity index (χ0v) is 13.4. The van der Waals surface area contributed by atoms with Crippen LogP contribution in [0.25, 0.3) is 0 Å². The van der Waals surface area contributed by atoms with E-state index in [1.807, 2.05) is 0 Å². The molecular formula is C18H17F2N3O2. The molecule has 0 bridgehead atoms. The van der Waals surface area contributed by atoms with Gasteiger partial charge in [-0.05, 0) is 43.2 Å². The van der Waals surface area contributed by atoms with Crippen LogP contribution in [0.5, 0.6) is 0 Å². The third-order valence-electron chi connectivity index (χ3n) is 4.15. The Morgan fingerprint density at radius 1 is 1.04 bits per heavy atom. The summed E-state index contributed by atoms with van der Waals surface area (Å²) >= 11 is 0. The highest BCUT2D eigenvalue weighted by atomic mass is 19.1. The highest BCUT2D eigenvalue weighted by Gasteiger charge is 2.20. The van der Waals surface area contributed by atoms with E-state index in [0.29, 0.717) is 11.8 Å². The van der Waals surface area contributed by atoms with Crippen LogP contribution in [-0.4, -0.2) is 24.9 Å². The van der Waals surface area contributed by atoms with Gasteiger partial charge in [-0.2, -0.15) is 0 Å². The summed E-state index contributed by atoms with van der Waals surface area (Å²) in [5, 5.41) is 2.61. The molecule has 0 spiro atoms. The quantitative estimate of drug-likeness (QED) is 0.895. The average Bonchev–Trinajstić information content (AvgIpc) is 3.08.